The fourth-order valence-corrected chi connectivity index (χ4v) is 3.25. The van der Waals surface area contributed by atoms with Crippen LogP contribution in [0.5, 0.6) is 0 Å². The van der Waals surface area contributed by atoms with Crippen LogP contribution in [-0.2, 0) is 9.59 Å². The van der Waals surface area contributed by atoms with E-state index >= 15 is 0 Å². The molecule has 1 amide bonds. The zero-order chi connectivity index (χ0) is 16.0. The number of aliphatic carboxylic acids is 1. The highest BCUT2D eigenvalue weighted by molar-refractivity contribution is 5.85. The van der Waals surface area contributed by atoms with Crippen LogP contribution in [0, 0.1) is 23.2 Å². The monoisotopic (exact) mass is 297 g/mol. The molecule has 0 aromatic carbocycles. The Labute approximate surface area is 128 Å². The maximum Gasteiger partial charge on any atom is 0.307 e. The Morgan fingerprint density at radius 3 is 2.38 bits per heavy atom. The van der Waals surface area contributed by atoms with Gasteiger partial charge in [0, 0.05) is 6.54 Å². The van der Waals surface area contributed by atoms with Crippen molar-refractivity contribution in [2.75, 3.05) is 6.54 Å². The van der Waals surface area contributed by atoms with Crippen molar-refractivity contribution in [3.63, 3.8) is 0 Å². The summed E-state index contributed by atoms with van der Waals surface area (Å²) in [6.07, 6.45) is 6.00. The number of amides is 1. The normalized spacial score (nSPS) is 25.8. The Hall–Kier alpha value is -1.06. The van der Waals surface area contributed by atoms with Crippen LogP contribution < -0.4 is 5.32 Å². The molecule has 1 saturated carbocycles. The average molecular weight is 297 g/mol. The summed E-state index contributed by atoms with van der Waals surface area (Å²) in [4.78, 5) is 23.6. The van der Waals surface area contributed by atoms with Gasteiger partial charge in [0.15, 0.2) is 0 Å². The second-order valence-electron chi connectivity index (χ2n) is 7.47. The van der Waals surface area contributed by atoms with Crippen LogP contribution in [0.4, 0.5) is 0 Å². The van der Waals surface area contributed by atoms with Crippen LogP contribution in [0.15, 0.2) is 0 Å². The number of carbonyl (C=O) groups excluding carboxylic acids is 1. The molecule has 122 valence electrons. The van der Waals surface area contributed by atoms with E-state index in [0.29, 0.717) is 25.3 Å². The summed E-state index contributed by atoms with van der Waals surface area (Å²) in [6, 6.07) is 0. The molecule has 4 heteroatoms. The van der Waals surface area contributed by atoms with Crippen molar-refractivity contribution in [3.05, 3.63) is 0 Å². The maximum absolute atomic E-state index is 12.3. The minimum atomic E-state index is -0.832. The summed E-state index contributed by atoms with van der Waals surface area (Å²) in [5.41, 5.74) is 0.0772. The Morgan fingerprint density at radius 1 is 1.19 bits per heavy atom. The lowest BCUT2D eigenvalue weighted by Crippen LogP contribution is -2.40. The summed E-state index contributed by atoms with van der Waals surface area (Å²) < 4.78 is 0. The van der Waals surface area contributed by atoms with Crippen molar-refractivity contribution >= 4 is 11.9 Å². The van der Waals surface area contributed by atoms with Gasteiger partial charge in [0.2, 0.25) is 5.91 Å². The van der Waals surface area contributed by atoms with Gasteiger partial charge in [-0.3, -0.25) is 9.59 Å². The van der Waals surface area contributed by atoms with E-state index in [4.69, 9.17) is 0 Å². The fraction of sp³-hybridized carbons (Fsp3) is 0.882. The Balaban J connectivity index is 2.47. The van der Waals surface area contributed by atoms with Gasteiger partial charge in [0.1, 0.15) is 0 Å². The summed E-state index contributed by atoms with van der Waals surface area (Å²) in [5.74, 6) is -1.46. The lowest BCUT2D eigenvalue weighted by molar-refractivity contribution is -0.146. The summed E-state index contributed by atoms with van der Waals surface area (Å²) >= 11 is 0. The van der Waals surface area contributed by atoms with Gasteiger partial charge in [-0.1, -0.05) is 47.0 Å². The number of hydrogen-bond acceptors (Lipinski definition) is 2. The molecular formula is C17H31NO3. The number of carboxylic acid groups (broad SMARTS) is 1. The number of rotatable bonds is 8. The molecule has 0 heterocycles. The third-order valence-electron chi connectivity index (χ3n) is 4.65. The molecule has 4 nitrogen and oxygen atoms in total. The molecule has 0 radical (unpaired) electrons. The molecule has 1 aliphatic rings. The van der Waals surface area contributed by atoms with Crippen LogP contribution in [0.3, 0.4) is 0 Å². The second kappa shape index (κ2) is 7.81. The number of hydrogen-bond donors (Lipinski definition) is 2. The Morgan fingerprint density at radius 2 is 1.81 bits per heavy atom. The molecule has 21 heavy (non-hydrogen) atoms. The van der Waals surface area contributed by atoms with Crippen LogP contribution in [0.1, 0.15) is 66.2 Å². The van der Waals surface area contributed by atoms with Gasteiger partial charge >= 0.3 is 5.97 Å². The molecule has 1 aliphatic carbocycles. The second-order valence-corrected chi connectivity index (χ2v) is 7.47. The van der Waals surface area contributed by atoms with E-state index in [1.54, 1.807) is 0 Å². The number of carbonyl (C=O) groups is 2. The first-order valence-corrected chi connectivity index (χ1v) is 8.27. The quantitative estimate of drug-likeness (QED) is 0.674. The van der Waals surface area contributed by atoms with E-state index in [1.807, 2.05) is 6.92 Å². The maximum atomic E-state index is 12.3. The van der Waals surface area contributed by atoms with E-state index in [0.717, 1.165) is 6.42 Å². The van der Waals surface area contributed by atoms with Gasteiger partial charge in [0.25, 0.3) is 0 Å². The van der Waals surface area contributed by atoms with Crippen LogP contribution >= 0.6 is 0 Å². The first-order valence-electron chi connectivity index (χ1n) is 8.27. The van der Waals surface area contributed by atoms with Gasteiger partial charge in [-0.25, -0.2) is 0 Å². The van der Waals surface area contributed by atoms with Crippen molar-refractivity contribution in [2.45, 2.75) is 66.2 Å². The zero-order valence-corrected chi connectivity index (χ0v) is 13.9. The molecule has 3 atom stereocenters. The van der Waals surface area contributed by atoms with E-state index in [2.05, 4.69) is 26.1 Å². The van der Waals surface area contributed by atoms with E-state index in [9.17, 15) is 14.7 Å². The fourth-order valence-electron chi connectivity index (χ4n) is 3.25. The summed E-state index contributed by atoms with van der Waals surface area (Å²) in [6.45, 7) is 9.16. The minimum absolute atomic E-state index is 0.0738. The molecule has 0 aliphatic heterocycles. The molecule has 1 fully saturated rings. The molecule has 2 N–H and O–H groups in total. The van der Waals surface area contributed by atoms with Gasteiger partial charge in [0.05, 0.1) is 11.8 Å². The minimum Gasteiger partial charge on any atom is -0.481 e. The molecule has 0 bridgehead atoms. The zero-order valence-electron chi connectivity index (χ0n) is 13.9. The standard InChI is InChI=1S/C17H31NO3/c1-5-6-7-8-17(3,4)11-18-15(19)13-9-12(2)10-14(13)16(20)21/h12-14H,5-11H2,1-4H3,(H,18,19)(H,20,21)/t12?,13-,14+/m0/s1. The van der Waals surface area contributed by atoms with Crippen molar-refractivity contribution in [2.24, 2.45) is 23.2 Å². The number of carboxylic acids is 1. The van der Waals surface area contributed by atoms with E-state index in [1.165, 1.54) is 19.3 Å². The van der Waals surface area contributed by atoms with Crippen molar-refractivity contribution in [1.82, 2.24) is 5.32 Å². The van der Waals surface area contributed by atoms with Gasteiger partial charge in [-0.15, -0.1) is 0 Å². The highest BCUT2D eigenvalue weighted by Gasteiger charge is 2.41. The highest BCUT2D eigenvalue weighted by Crippen LogP contribution is 2.36. The average Bonchev–Trinajstić information content (AvgIpc) is 2.79. The van der Waals surface area contributed by atoms with Crippen molar-refractivity contribution in [3.8, 4) is 0 Å². The molecule has 0 aromatic rings. The highest BCUT2D eigenvalue weighted by atomic mass is 16.4. The number of nitrogens with one attached hydrogen (secondary N) is 1. The Bertz CT molecular complexity index is 365. The largest absolute Gasteiger partial charge is 0.481 e. The topological polar surface area (TPSA) is 66.4 Å². The van der Waals surface area contributed by atoms with E-state index in [-0.39, 0.29) is 17.2 Å². The van der Waals surface area contributed by atoms with Gasteiger partial charge in [-0.05, 0) is 30.6 Å². The molecule has 0 spiro atoms. The number of unbranched alkanes of at least 4 members (excludes halogenated alkanes) is 2. The van der Waals surface area contributed by atoms with Gasteiger partial charge in [-0.2, -0.15) is 0 Å². The third kappa shape index (κ3) is 5.68. The lowest BCUT2D eigenvalue weighted by Gasteiger charge is -2.26. The first kappa shape index (κ1) is 18.0. The SMILES string of the molecule is CCCCCC(C)(C)CNC(=O)[C@H]1CC(C)C[C@H]1C(=O)O. The predicted molar refractivity (Wildman–Crippen MR) is 83.9 cm³/mol. The molecular weight excluding hydrogens is 266 g/mol. The lowest BCUT2D eigenvalue weighted by atomic mass is 9.86. The summed E-state index contributed by atoms with van der Waals surface area (Å²) in [7, 11) is 0. The van der Waals surface area contributed by atoms with E-state index < -0.39 is 11.9 Å². The third-order valence-corrected chi connectivity index (χ3v) is 4.65. The predicted octanol–water partition coefficient (Wildman–Crippen LogP) is 3.46. The molecule has 1 rings (SSSR count). The van der Waals surface area contributed by atoms with Crippen LogP contribution in [0.2, 0.25) is 0 Å². The smallest absolute Gasteiger partial charge is 0.307 e. The molecule has 0 saturated heterocycles. The molecule has 0 aromatic heterocycles. The summed E-state index contributed by atoms with van der Waals surface area (Å²) in [5, 5.41) is 12.2. The van der Waals surface area contributed by atoms with Crippen molar-refractivity contribution < 1.29 is 14.7 Å². The Kier molecular flexibility index (Phi) is 6.69. The van der Waals surface area contributed by atoms with Crippen LogP contribution in [-0.4, -0.2) is 23.5 Å². The van der Waals surface area contributed by atoms with Crippen molar-refractivity contribution in [1.29, 1.82) is 0 Å². The van der Waals surface area contributed by atoms with Crippen LogP contribution in [0.25, 0.3) is 0 Å². The van der Waals surface area contributed by atoms with Gasteiger partial charge < -0.3 is 10.4 Å². The molecule has 1 unspecified atom stereocenters. The first-order chi connectivity index (χ1) is 9.76.